The van der Waals surface area contributed by atoms with Crippen LogP contribution in [0.3, 0.4) is 0 Å². The molecule has 0 saturated heterocycles. The smallest absolute Gasteiger partial charge is 0.0591 e. The number of para-hydroxylation sites is 1. The Labute approximate surface area is 145 Å². The number of hydrogen-bond donors (Lipinski definition) is 0. The van der Waals surface area contributed by atoms with Crippen LogP contribution in [0.5, 0.6) is 0 Å². The molecule has 1 heteroatoms. The van der Waals surface area contributed by atoms with Crippen LogP contribution < -0.4 is 4.90 Å². The van der Waals surface area contributed by atoms with Crippen molar-refractivity contribution in [2.45, 2.75) is 38.6 Å². The monoisotopic (exact) mass is 315 g/mol. The van der Waals surface area contributed by atoms with E-state index in [9.17, 15) is 0 Å². The van der Waals surface area contributed by atoms with Gasteiger partial charge in [-0.3, -0.25) is 0 Å². The molecule has 0 bridgehead atoms. The van der Waals surface area contributed by atoms with Crippen LogP contribution in [0.25, 0.3) is 0 Å². The SMILES string of the molecule is CC(C)(C)c1ccc(N2c3ccccc3CC3C=CC=CC32)cc1. The third kappa shape index (κ3) is 2.58. The molecule has 0 amide bonds. The van der Waals surface area contributed by atoms with Crippen molar-refractivity contribution in [3.05, 3.63) is 84.0 Å². The predicted octanol–water partition coefficient (Wildman–Crippen LogP) is 5.79. The third-order valence-corrected chi connectivity index (χ3v) is 5.23. The summed E-state index contributed by atoms with van der Waals surface area (Å²) < 4.78 is 0. The Kier molecular flexibility index (Phi) is 3.60. The molecule has 122 valence electrons. The highest BCUT2D eigenvalue weighted by molar-refractivity contribution is 5.71. The number of fused-ring (bicyclic) bond motifs is 2. The molecule has 2 aromatic carbocycles. The Balaban J connectivity index is 1.80. The summed E-state index contributed by atoms with van der Waals surface area (Å²) in [4.78, 5) is 2.51. The van der Waals surface area contributed by atoms with E-state index in [1.54, 1.807) is 0 Å². The van der Waals surface area contributed by atoms with E-state index in [2.05, 4.69) is 98.5 Å². The Hall–Kier alpha value is -2.28. The summed E-state index contributed by atoms with van der Waals surface area (Å²) in [7, 11) is 0. The van der Waals surface area contributed by atoms with Gasteiger partial charge in [-0.2, -0.15) is 0 Å². The highest BCUT2D eigenvalue weighted by atomic mass is 15.2. The summed E-state index contributed by atoms with van der Waals surface area (Å²) in [5.74, 6) is 0.548. The topological polar surface area (TPSA) is 3.24 Å². The lowest BCUT2D eigenvalue weighted by atomic mass is 9.82. The van der Waals surface area contributed by atoms with Crippen LogP contribution in [0.15, 0.2) is 72.8 Å². The van der Waals surface area contributed by atoms with Crippen molar-refractivity contribution >= 4 is 11.4 Å². The van der Waals surface area contributed by atoms with Crippen molar-refractivity contribution in [3.8, 4) is 0 Å². The van der Waals surface area contributed by atoms with E-state index in [0.29, 0.717) is 12.0 Å². The Morgan fingerprint density at radius 3 is 2.33 bits per heavy atom. The molecule has 2 unspecified atom stereocenters. The number of anilines is 2. The maximum Gasteiger partial charge on any atom is 0.0591 e. The number of hydrogen-bond acceptors (Lipinski definition) is 1. The van der Waals surface area contributed by atoms with E-state index < -0.39 is 0 Å². The Bertz CT molecular complexity index is 790. The van der Waals surface area contributed by atoms with Crippen LogP contribution in [0.4, 0.5) is 11.4 Å². The lowest BCUT2D eigenvalue weighted by molar-refractivity contribution is 0.533. The van der Waals surface area contributed by atoms with E-state index in [4.69, 9.17) is 0 Å². The number of nitrogens with zero attached hydrogens (tertiary/aromatic N) is 1. The Morgan fingerprint density at radius 1 is 0.875 bits per heavy atom. The van der Waals surface area contributed by atoms with Crippen LogP contribution in [-0.4, -0.2) is 6.04 Å². The van der Waals surface area contributed by atoms with Gasteiger partial charge in [0.15, 0.2) is 0 Å². The molecule has 0 saturated carbocycles. The van der Waals surface area contributed by atoms with Crippen LogP contribution in [0.2, 0.25) is 0 Å². The zero-order valence-electron chi connectivity index (χ0n) is 14.7. The van der Waals surface area contributed by atoms with E-state index in [-0.39, 0.29) is 5.41 Å². The van der Waals surface area contributed by atoms with E-state index >= 15 is 0 Å². The lowest BCUT2D eigenvalue weighted by Gasteiger charge is -2.42. The summed E-state index contributed by atoms with van der Waals surface area (Å²) >= 11 is 0. The first-order valence-electron chi connectivity index (χ1n) is 8.87. The van der Waals surface area contributed by atoms with Crippen molar-refractivity contribution in [2.75, 3.05) is 4.90 Å². The summed E-state index contributed by atoms with van der Waals surface area (Å²) in [5.41, 5.74) is 5.65. The van der Waals surface area contributed by atoms with Gasteiger partial charge in [0.05, 0.1) is 6.04 Å². The fraction of sp³-hybridized carbons (Fsp3) is 0.304. The van der Waals surface area contributed by atoms with Gasteiger partial charge in [-0.25, -0.2) is 0 Å². The van der Waals surface area contributed by atoms with Crippen molar-refractivity contribution in [3.63, 3.8) is 0 Å². The molecule has 1 heterocycles. The van der Waals surface area contributed by atoms with Crippen molar-refractivity contribution in [2.24, 2.45) is 5.92 Å². The Morgan fingerprint density at radius 2 is 1.58 bits per heavy atom. The standard InChI is InChI=1S/C23H25N/c1-23(2,3)19-12-14-20(15-13-19)24-21-10-6-4-8-17(21)16-18-9-5-7-11-22(18)24/h4-15,17,21H,16H2,1-3H3. The predicted molar refractivity (Wildman–Crippen MR) is 103 cm³/mol. The maximum absolute atomic E-state index is 2.51. The summed E-state index contributed by atoms with van der Waals surface area (Å²) in [6.45, 7) is 6.80. The highest BCUT2D eigenvalue weighted by Gasteiger charge is 2.33. The van der Waals surface area contributed by atoms with Gasteiger partial charge in [0.25, 0.3) is 0 Å². The summed E-state index contributed by atoms with van der Waals surface area (Å²) in [6.07, 6.45) is 10.2. The second-order valence-electron chi connectivity index (χ2n) is 7.92. The van der Waals surface area contributed by atoms with Crippen LogP contribution >= 0.6 is 0 Å². The zero-order valence-corrected chi connectivity index (χ0v) is 14.7. The molecule has 0 radical (unpaired) electrons. The van der Waals surface area contributed by atoms with Crippen molar-refractivity contribution in [1.29, 1.82) is 0 Å². The molecule has 2 atom stereocenters. The lowest BCUT2D eigenvalue weighted by Crippen LogP contribution is -2.41. The molecular formula is C23H25N. The number of allylic oxidation sites excluding steroid dienone is 2. The fourth-order valence-corrected chi connectivity index (χ4v) is 3.87. The second kappa shape index (κ2) is 5.66. The molecule has 0 fully saturated rings. The fourth-order valence-electron chi connectivity index (χ4n) is 3.87. The molecule has 0 spiro atoms. The third-order valence-electron chi connectivity index (χ3n) is 5.23. The van der Waals surface area contributed by atoms with Gasteiger partial charge in [0.1, 0.15) is 0 Å². The van der Waals surface area contributed by atoms with Crippen molar-refractivity contribution < 1.29 is 0 Å². The first-order chi connectivity index (χ1) is 11.5. The number of rotatable bonds is 1. The quantitative estimate of drug-likeness (QED) is 0.644. The molecule has 4 rings (SSSR count). The van der Waals surface area contributed by atoms with Crippen LogP contribution in [0, 0.1) is 5.92 Å². The largest absolute Gasteiger partial charge is 0.334 e. The molecule has 24 heavy (non-hydrogen) atoms. The maximum atomic E-state index is 2.51. The van der Waals surface area contributed by atoms with E-state index in [0.717, 1.165) is 6.42 Å². The molecule has 1 aliphatic heterocycles. The van der Waals surface area contributed by atoms with Gasteiger partial charge in [-0.1, -0.05) is 75.4 Å². The van der Waals surface area contributed by atoms with E-state index in [1.165, 1.54) is 22.5 Å². The average Bonchev–Trinajstić information content (AvgIpc) is 2.59. The summed E-state index contributed by atoms with van der Waals surface area (Å²) in [6, 6.07) is 18.4. The first kappa shape index (κ1) is 15.3. The first-order valence-corrected chi connectivity index (χ1v) is 8.87. The second-order valence-corrected chi connectivity index (χ2v) is 7.92. The van der Waals surface area contributed by atoms with Gasteiger partial charge in [0.2, 0.25) is 0 Å². The van der Waals surface area contributed by atoms with Gasteiger partial charge in [-0.05, 0) is 41.2 Å². The van der Waals surface area contributed by atoms with Gasteiger partial charge in [-0.15, -0.1) is 0 Å². The summed E-state index contributed by atoms with van der Waals surface area (Å²) in [5, 5.41) is 0. The molecule has 2 aliphatic rings. The minimum atomic E-state index is 0.189. The highest BCUT2D eigenvalue weighted by Crippen LogP contribution is 2.41. The molecule has 2 aromatic rings. The molecule has 0 N–H and O–H groups in total. The van der Waals surface area contributed by atoms with Gasteiger partial charge < -0.3 is 4.90 Å². The molecular weight excluding hydrogens is 290 g/mol. The molecule has 1 aliphatic carbocycles. The zero-order chi connectivity index (χ0) is 16.7. The average molecular weight is 315 g/mol. The van der Waals surface area contributed by atoms with E-state index in [1.807, 2.05) is 0 Å². The normalized spacial score (nSPS) is 22.2. The molecule has 1 nitrogen and oxygen atoms in total. The molecule has 0 aromatic heterocycles. The number of benzene rings is 2. The van der Waals surface area contributed by atoms with Gasteiger partial charge >= 0.3 is 0 Å². The minimum absolute atomic E-state index is 0.189. The van der Waals surface area contributed by atoms with Gasteiger partial charge in [0, 0.05) is 17.3 Å². The van der Waals surface area contributed by atoms with Crippen LogP contribution in [0.1, 0.15) is 31.9 Å². The van der Waals surface area contributed by atoms with Crippen molar-refractivity contribution in [1.82, 2.24) is 0 Å². The minimum Gasteiger partial charge on any atom is -0.334 e. The van der Waals surface area contributed by atoms with Crippen LogP contribution in [-0.2, 0) is 11.8 Å².